The Bertz CT molecular complexity index is 116. The van der Waals surface area contributed by atoms with Gasteiger partial charge in [-0.1, -0.05) is 6.92 Å². The SMILES string of the molecule is CC/C(C)=[N+](\[O-])C(C)C. The van der Waals surface area contributed by atoms with Crippen molar-refractivity contribution in [2.75, 3.05) is 0 Å². The van der Waals surface area contributed by atoms with E-state index in [4.69, 9.17) is 0 Å². The van der Waals surface area contributed by atoms with Crippen LogP contribution in [0.3, 0.4) is 0 Å². The molecule has 0 amide bonds. The molecular weight excluding hydrogens is 114 g/mol. The molecule has 0 unspecified atom stereocenters. The molecule has 0 atom stereocenters. The molecule has 0 aromatic carbocycles. The smallest absolute Gasteiger partial charge is 0.160 e. The summed E-state index contributed by atoms with van der Waals surface area (Å²) in [4.78, 5) is 0. The van der Waals surface area contributed by atoms with Crippen LogP contribution in [0.4, 0.5) is 0 Å². The molecule has 0 aromatic rings. The highest BCUT2D eigenvalue weighted by Gasteiger charge is 2.03. The van der Waals surface area contributed by atoms with Crippen molar-refractivity contribution in [2.45, 2.75) is 40.2 Å². The van der Waals surface area contributed by atoms with Gasteiger partial charge in [-0.3, -0.25) is 0 Å². The van der Waals surface area contributed by atoms with Crippen LogP contribution in [0, 0.1) is 5.21 Å². The first-order chi connectivity index (χ1) is 4.09. The molecule has 0 aliphatic rings. The van der Waals surface area contributed by atoms with Gasteiger partial charge in [0.05, 0.1) is 0 Å². The molecule has 54 valence electrons. The molecule has 0 rings (SSSR count). The summed E-state index contributed by atoms with van der Waals surface area (Å²) in [7, 11) is 0. The highest BCUT2D eigenvalue weighted by molar-refractivity contribution is 5.76. The Morgan fingerprint density at radius 2 is 2.00 bits per heavy atom. The summed E-state index contributed by atoms with van der Waals surface area (Å²) in [6, 6.07) is 0.0879. The Hall–Kier alpha value is -0.530. The minimum absolute atomic E-state index is 0.0879. The monoisotopic (exact) mass is 129 g/mol. The summed E-state index contributed by atoms with van der Waals surface area (Å²) >= 11 is 0. The molecule has 0 saturated carbocycles. The van der Waals surface area contributed by atoms with Gasteiger partial charge in [0.25, 0.3) is 0 Å². The summed E-state index contributed by atoms with van der Waals surface area (Å²) in [5.74, 6) is 0. The summed E-state index contributed by atoms with van der Waals surface area (Å²) in [6.45, 7) is 7.65. The van der Waals surface area contributed by atoms with Crippen LogP contribution in [0.15, 0.2) is 0 Å². The van der Waals surface area contributed by atoms with Crippen LogP contribution in [0.5, 0.6) is 0 Å². The van der Waals surface area contributed by atoms with Crippen LogP contribution < -0.4 is 0 Å². The summed E-state index contributed by atoms with van der Waals surface area (Å²) in [6.07, 6.45) is 0.849. The van der Waals surface area contributed by atoms with Crippen molar-refractivity contribution < 1.29 is 4.74 Å². The molecule has 0 bridgehead atoms. The van der Waals surface area contributed by atoms with E-state index in [0.717, 1.165) is 16.9 Å². The maximum atomic E-state index is 11.0. The lowest BCUT2D eigenvalue weighted by atomic mass is 10.3. The topological polar surface area (TPSA) is 26.1 Å². The molecule has 2 heteroatoms. The number of nitrogens with zero attached hydrogens (tertiary/aromatic N) is 1. The average molecular weight is 129 g/mol. The van der Waals surface area contributed by atoms with Crippen LogP contribution in [-0.4, -0.2) is 16.5 Å². The van der Waals surface area contributed by atoms with Gasteiger partial charge in [-0.15, -0.1) is 0 Å². The molecule has 2 nitrogen and oxygen atoms in total. The van der Waals surface area contributed by atoms with E-state index in [9.17, 15) is 5.21 Å². The Morgan fingerprint density at radius 1 is 1.56 bits per heavy atom. The summed E-state index contributed by atoms with van der Waals surface area (Å²) in [5, 5.41) is 11.0. The first-order valence-corrected chi connectivity index (χ1v) is 3.38. The third-order valence-corrected chi connectivity index (χ3v) is 1.36. The normalized spacial score (nSPS) is 13.9. The van der Waals surface area contributed by atoms with Crippen molar-refractivity contribution in [3.05, 3.63) is 5.21 Å². The zero-order valence-corrected chi connectivity index (χ0v) is 6.64. The molecule has 9 heavy (non-hydrogen) atoms. The summed E-state index contributed by atoms with van der Waals surface area (Å²) in [5.41, 5.74) is 0.907. The second-order valence-corrected chi connectivity index (χ2v) is 2.51. The van der Waals surface area contributed by atoms with Crippen molar-refractivity contribution in [1.29, 1.82) is 0 Å². The molecular formula is C7H15NO. The Labute approximate surface area is 56.8 Å². The van der Waals surface area contributed by atoms with E-state index in [-0.39, 0.29) is 6.04 Å². The van der Waals surface area contributed by atoms with Gasteiger partial charge in [-0.05, 0) is 13.8 Å². The van der Waals surface area contributed by atoms with E-state index >= 15 is 0 Å². The van der Waals surface area contributed by atoms with Crippen LogP contribution >= 0.6 is 0 Å². The van der Waals surface area contributed by atoms with Gasteiger partial charge in [0.1, 0.15) is 0 Å². The van der Waals surface area contributed by atoms with Crippen molar-refractivity contribution >= 4 is 5.71 Å². The van der Waals surface area contributed by atoms with Gasteiger partial charge < -0.3 is 5.21 Å². The van der Waals surface area contributed by atoms with Crippen LogP contribution in [0.2, 0.25) is 0 Å². The van der Waals surface area contributed by atoms with Crippen molar-refractivity contribution in [3.63, 3.8) is 0 Å². The second-order valence-electron chi connectivity index (χ2n) is 2.51. The molecule has 0 aromatic heterocycles. The van der Waals surface area contributed by atoms with E-state index < -0.39 is 0 Å². The highest BCUT2D eigenvalue weighted by Crippen LogP contribution is 1.90. The van der Waals surface area contributed by atoms with Gasteiger partial charge >= 0.3 is 0 Å². The number of hydrogen-bond donors (Lipinski definition) is 0. The Kier molecular flexibility index (Phi) is 3.28. The van der Waals surface area contributed by atoms with E-state index in [2.05, 4.69) is 0 Å². The second kappa shape index (κ2) is 3.49. The lowest BCUT2D eigenvalue weighted by Crippen LogP contribution is -2.19. The van der Waals surface area contributed by atoms with E-state index in [1.807, 2.05) is 27.7 Å². The van der Waals surface area contributed by atoms with E-state index in [0.29, 0.717) is 0 Å². The van der Waals surface area contributed by atoms with Gasteiger partial charge in [-0.2, -0.15) is 0 Å². The van der Waals surface area contributed by atoms with Crippen molar-refractivity contribution in [2.24, 2.45) is 0 Å². The van der Waals surface area contributed by atoms with Crippen LogP contribution in [0.25, 0.3) is 0 Å². The molecule has 0 N–H and O–H groups in total. The van der Waals surface area contributed by atoms with Gasteiger partial charge in [0.2, 0.25) is 0 Å². The largest absolute Gasteiger partial charge is 0.624 e. The zero-order valence-electron chi connectivity index (χ0n) is 6.64. The van der Waals surface area contributed by atoms with Gasteiger partial charge in [0, 0.05) is 13.3 Å². The third-order valence-electron chi connectivity index (χ3n) is 1.36. The van der Waals surface area contributed by atoms with E-state index in [1.165, 1.54) is 0 Å². The lowest BCUT2D eigenvalue weighted by Gasteiger charge is -2.09. The van der Waals surface area contributed by atoms with Crippen molar-refractivity contribution in [3.8, 4) is 0 Å². The number of hydrogen-bond acceptors (Lipinski definition) is 1. The Balaban J connectivity index is 4.10. The maximum absolute atomic E-state index is 11.0. The molecule has 0 heterocycles. The quantitative estimate of drug-likeness (QED) is 0.241. The first-order valence-electron chi connectivity index (χ1n) is 3.38. The maximum Gasteiger partial charge on any atom is 0.160 e. The average Bonchev–Trinajstić information content (AvgIpc) is 1.84. The highest BCUT2D eigenvalue weighted by atomic mass is 16.5. The molecule has 0 aliphatic heterocycles. The Morgan fingerprint density at radius 3 is 2.11 bits per heavy atom. The molecule has 0 saturated heterocycles. The zero-order chi connectivity index (χ0) is 7.44. The van der Waals surface area contributed by atoms with Crippen LogP contribution in [0.1, 0.15) is 34.1 Å². The molecule has 0 fully saturated rings. The molecule has 0 aliphatic carbocycles. The fourth-order valence-corrected chi connectivity index (χ4v) is 0.597. The van der Waals surface area contributed by atoms with E-state index in [1.54, 1.807) is 0 Å². The molecule has 0 radical (unpaired) electrons. The third kappa shape index (κ3) is 2.49. The molecule has 0 spiro atoms. The predicted molar refractivity (Wildman–Crippen MR) is 39.7 cm³/mol. The minimum atomic E-state index is 0.0879. The first kappa shape index (κ1) is 8.47. The minimum Gasteiger partial charge on any atom is -0.624 e. The van der Waals surface area contributed by atoms with Gasteiger partial charge in [0.15, 0.2) is 11.8 Å². The van der Waals surface area contributed by atoms with Crippen molar-refractivity contribution in [1.82, 2.24) is 0 Å². The fraction of sp³-hybridized carbons (Fsp3) is 0.857. The summed E-state index contributed by atoms with van der Waals surface area (Å²) < 4.78 is 1.06. The lowest BCUT2D eigenvalue weighted by molar-refractivity contribution is -0.493. The van der Waals surface area contributed by atoms with Crippen LogP contribution in [-0.2, 0) is 0 Å². The standard InChI is InChI=1S/C7H15NO/c1-5-7(4)8(9)6(2)3/h6H,5H2,1-4H3/b8-7-. The predicted octanol–water partition coefficient (Wildman–Crippen LogP) is 1.78. The number of rotatable bonds is 2. The van der Waals surface area contributed by atoms with Gasteiger partial charge in [-0.25, -0.2) is 4.74 Å². The fourth-order valence-electron chi connectivity index (χ4n) is 0.597. The number of hydroxylamine groups is 1.